The van der Waals surface area contributed by atoms with Gasteiger partial charge in [-0.05, 0) is 55.4 Å². The Bertz CT molecular complexity index is 1600. The van der Waals surface area contributed by atoms with E-state index in [1.54, 1.807) is 20.2 Å². The summed E-state index contributed by atoms with van der Waals surface area (Å²) in [7, 11) is 3.19. The Morgan fingerprint density at radius 2 is 1.95 bits per heavy atom. The molecule has 4 aliphatic rings. The second kappa shape index (κ2) is 9.27. The number of Topliss-reactive ketones (excluding diaryl/α,β-unsaturated/α-hetero) is 3. The first kappa shape index (κ1) is 27.2. The van der Waals surface area contributed by atoms with Crippen molar-refractivity contribution in [2.45, 2.75) is 31.0 Å². The fraction of sp³-hybridized carbons (Fsp3) is 0.467. The third kappa shape index (κ3) is 3.78. The standard InChI is InChI=1S/C30H31N5O6/c1-34(2)23-19-8-17-7-16-6-15-4-3-13(10-35-11-14(9-31)12-35)5-18(15)24(36)20(16)25(37)21(17)28(39)30(19,41)27(32)22(26(23)38)29(33)40/h3-6,14,17,19,21-23,32,36,41H,7-8,10-12H2,1-2H3,(H2,33,40). The van der Waals surface area contributed by atoms with Gasteiger partial charge >= 0.3 is 0 Å². The van der Waals surface area contributed by atoms with Crippen molar-refractivity contribution in [3.63, 3.8) is 0 Å². The molecule has 0 radical (unpaired) electrons. The quantitative estimate of drug-likeness (QED) is 0.386. The van der Waals surface area contributed by atoms with E-state index >= 15 is 0 Å². The maximum absolute atomic E-state index is 14.0. The van der Waals surface area contributed by atoms with Crippen molar-refractivity contribution in [1.29, 1.82) is 10.7 Å². The van der Waals surface area contributed by atoms with Crippen LogP contribution in [-0.4, -0.2) is 87.8 Å². The van der Waals surface area contributed by atoms with Crippen LogP contribution in [0.1, 0.15) is 27.9 Å². The van der Waals surface area contributed by atoms with E-state index < -0.39 is 64.3 Å². The number of phenols is 1. The summed E-state index contributed by atoms with van der Waals surface area (Å²) in [6, 6.07) is 8.65. The van der Waals surface area contributed by atoms with Crippen molar-refractivity contribution in [2.75, 3.05) is 27.2 Å². The summed E-state index contributed by atoms with van der Waals surface area (Å²) >= 11 is 0. The van der Waals surface area contributed by atoms with Gasteiger partial charge in [0, 0.05) is 30.9 Å². The van der Waals surface area contributed by atoms with Crippen molar-refractivity contribution >= 4 is 39.7 Å². The minimum atomic E-state index is -2.52. The van der Waals surface area contributed by atoms with E-state index in [1.165, 1.54) is 4.90 Å². The average Bonchev–Trinajstić information content (AvgIpc) is 2.88. The second-order valence-corrected chi connectivity index (χ2v) is 12.2. The van der Waals surface area contributed by atoms with Crippen LogP contribution in [-0.2, 0) is 27.3 Å². The molecule has 1 amide bonds. The number of primary amides is 1. The molecule has 6 atom stereocenters. The Kier molecular flexibility index (Phi) is 6.15. The molecule has 0 spiro atoms. The minimum absolute atomic E-state index is 0.0129. The Labute approximate surface area is 236 Å². The number of nitrogens with zero attached hydrogens (tertiary/aromatic N) is 3. The van der Waals surface area contributed by atoms with Gasteiger partial charge in [-0.2, -0.15) is 5.26 Å². The largest absolute Gasteiger partial charge is 0.507 e. The Morgan fingerprint density at radius 1 is 1.24 bits per heavy atom. The molecule has 0 aromatic heterocycles. The topological polar surface area (TPSA) is 189 Å². The summed E-state index contributed by atoms with van der Waals surface area (Å²) in [5, 5.41) is 42.0. The van der Waals surface area contributed by atoms with E-state index in [4.69, 9.17) is 16.4 Å². The fourth-order valence-corrected chi connectivity index (χ4v) is 7.61. The first-order valence-electron chi connectivity index (χ1n) is 13.7. The molecule has 1 heterocycles. The predicted molar refractivity (Wildman–Crippen MR) is 146 cm³/mol. The van der Waals surface area contributed by atoms with Gasteiger partial charge in [-0.25, -0.2) is 0 Å². The number of carbonyl (C=O) groups is 4. The zero-order valence-electron chi connectivity index (χ0n) is 22.8. The van der Waals surface area contributed by atoms with Gasteiger partial charge < -0.3 is 21.4 Å². The van der Waals surface area contributed by atoms with Crippen molar-refractivity contribution in [3.05, 3.63) is 41.0 Å². The predicted octanol–water partition coefficient (Wildman–Crippen LogP) is 0.426. The van der Waals surface area contributed by atoms with E-state index in [0.717, 1.165) is 10.9 Å². The van der Waals surface area contributed by atoms with E-state index in [9.17, 15) is 29.4 Å². The van der Waals surface area contributed by atoms with Crippen LogP contribution in [0.25, 0.3) is 10.8 Å². The van der Waals surface area contributed by atoms with Crippen LogP contribution in [0.15, 0.2) is 24.3 Å². The first-order valence-corrected chi connectivity index (χ1v) is 13.7. The smallest absolute Gasteiger partial charge is 0.233 e. The lowest BCUT2D eigenvalue weighted by Crippen LogP contribution is -2.73. The highest BCUT2D eigenvalue weighted by atomic mass is 16.3. The Morgan fingerprint density at radius 3 is 2.59 bits per heavy atom. The maximum Gasteiger partial charge on any atom is 0.233 e. The molecule has 1 aliphatic heterocycles. The molecule has 2 saturated carbocycles. The number of likely N-dealkylation sites (tertiary alicyclic amines) is 1. The zero-order valence-corrected chi connectivity index (χ0v) is 22.8. The van der Waals surface area contributed by atoms with Crippen LogP contribution in [0.5, 0.6) is 5.75 Å². The minimum Gasteiger partial charge on any atom is -0.507 e. The molecular weight excluding hydrogens is 526 g/mol. The lowest BCUT2D eigenvalue weighted by atomic mass is 9.52. The Balaban J connectivity index is 1.40. The van der Waals surface area contributed by atoms with E-state index in [2.05, 4.69) is 11.0 Å². The van der Waals surface area contributed by atoms with Crippen molar-refractivity contribution in [2.24, 2.45) is 35.3 Å². The number of benzene rings is 2. The highest BCUT2D eigenvalue weighted by Crippen LogP contribution is 2.51. The SMILES string of the molecule is CN(C)C1C(=O)C(C(N)=O)C(=N)C2(O)C(=O)C3C(=O)c4c(cc5ccc(CN6CC(C#N)C6)cc5c4O)CC3CC12. The van der Waals surface area contributed by atoms with Crippen LogP contribution in [0.2, 0.25) is 0 Å². The van der Waals surface area contributed by atoms with Gasteiger partial charge in [0.05, 0.1) is 35.2 Å². The van der Waals surface area contributed by atoms with Gasteiger partial charge in [0.2, 0.25) is 5.91 Å². The van der Waals surface area contributed by atoms with Crippen LogP contribution < -0.4 is 5.73 Å². The van der Waals surface area contributed by atoms with Crippen molar-refractivity contribution in [3.8, 4) is 11.8 Å². The van der Waals surface area contributed by atoms with Gasteiger partial charge in [-0.1, -0.05) is 18.2 Å². The second-order valence-electron chi connectivity index (χ2n) is 12.2. The fourth-order valence-electron chi connectivity index (χ4n) is 7.61. The highest BCUT2D eigenvalue weighted by molar-refractivity contribution is 6.33. The number of nitrogens with one attached hydrogen (secondary N) is 1. The Hall–Kier alpha value is -3.98. The number of aliphatic hydroxyl groups is 1. The molecule has 2 aromatic rings. The number of carbonyl (C=O) groups excluding carboxylic acids is 4. The molecule has 3 fully saturated rings. The molecule has 11 heteroatoms. The van der Waals surface area contributed by atoms with E-state index in [-0.39, 0.29) is 30.1 Å². The van der Waals surface area contributed by atoms with Gasteiger partial charge in [-0.15, -0.1) is 0 Å². The van der Waals surface area contributed by atoms with Gasteiger partial charge in [0.15, 0.2) is 23.0 Å². The third-order valence-electron chi connectivity index (χ3n) is 9.54. The van der Waals surface area contributed by atoms with Gasteiger partial charge in [-0.3, -0.25) is 29.0 Å². The lowest BCUT2D eigenvalue weighted by Gasteiger charge is -2.53. The molecule has 5 N–H and O–H groups in total. The third-order valence-corrected chi connectivity index (χ3v) is 9.54. The number of rotatable bonds is 4. The zero-order chi connectivity index (χ0) is 29.5. The summed E-state index contributed by atoms with van der Waals surface area (Å²) in [6.45, 7) is 1.93. The number of hydrogen-bond acceptors (Lipinski definition) is 10. The molecule has 212 valence electrons. The summed E-state index contributed by atoms with van der Waals surface area (Å²) in [6.07, 6.45) is 0.358. The van der Waals surface area contributed by atoms with Gasteiger partial charge in [0.1, 0.15) is 11.7 Å². The molecule has 2 aromatic carbocycles. The number of hydrogen-bond donors (Lipinski definition) is 4. The number of ketones is 3. The molecule has 6 unspecified atom stereocenters. The molecule has 0 bridgehead atoms. The number of nitrogens with two attached hydrogens (primary N) is 1. The summed E-state index contributed by atoms with van der Waals surface area (Å²) in [4.78, 5) is 57.1. The number of amides is 1. The van der Waals surface area contributed by atoms with Crippen molar-refractivity contribution < 1.29 is 29.4 Å². The van der Waals surface area contributed by atoms with E-state index in [1.807, 2.05) is 18.2 Å². The highest BCUT2D eigenvalue weighted by Gasteiger charge is 2.67. The maximum atomic E-state index is 14.0. The lowest BCUT2D eigenvalue weighted by molar-refractivity contribution is -0.157. The summed E-state index contributed by atoms with van der Waals surface area (Å²) < 4.78 is 0. The molecule has 3 aliphatic carbocycles. The average molecular weight is 558 g/mol. The number of aromatic hydroxyl groups is 1. The van der Waals surface area contributed by atoms with E-state index in [0.29, 0.717) is 30.6 Å². The number of likely N-dealkylation sites (N-methyl/N-ethyl adjacent to an activating group) is 1. The van der Waals surface area contributed by atoms with Gasteiger partial charge in [0.25, 0.3) is 0 Å². The first-order chi connectivity index (χ1) is 19.4. The molecular formula is C30H31N5O6. The van der Waals surface area contributed by atoms with Crippen molar-refractivity contribution in [1.82, 2.24) is 9.80 Å². The van der Waals surface area contributed by atoms with Crippen LogP contribution in [0.3, 0.4) is 0 Å². The molecule has 41 heavy (non-hydrogen) atoms. The van der Waals surface area contributed by atoms with Crippen LogP contribution >= 0.6 is 0 Å². The van der Waals surface area contributed by atoms with Crippen LogP contribution in [0, 0.1) is 46.3 Å². The van der Waals surface area contributed by atoms with Crippen LogP contribution in [0.4, 0.5) is 0 Å². The summed E-state index contributed by atoms with van der Waals surface area (Å²) in [5.74, 6) is -8.27. The molecule has 11 nitrogen and oxygen atoms in total. The number of fused-ring (bicyclic) bond motifs is 4. The number of phenolic OH excluding ortho intramolecular Hbond substituents is 1. The molecule has 1 saturated heterocycles. The normalized spacial score (nSPS) is 31.8. The summed E-state index contributed by atoms with van der Waals surface area (Å²) in [5.41, 5.74) is 3.65. The monoisotopic (exact) mass is 557 g/mol. The molecule has 6 rings (SSSR count). The number of nitriles is 1.